The van der Waals surface area contributed by atoms with Crippen LogP contribution in [-0.4, -0.2) is 40.8 Å². The largest absolute Gasteiger partial charge is 0.479 e. The van der Waals surface area contributed by atoms with Gasteiger partial charge < -0.3 is 21.7 Å². The van der Waals surface area contributed by atoms with Crippen LogP contribution in [0.5, 0.6) is 0 Å². The highest BCUT2D eigenvalue weighted by Gasteiger charge is 2.02. The number of aliphatic hydroxyl groups excluding tert-OH is 1. The number of halogens is 2. The van der Waals surface area contributed by atoms with E-state index in [1.165, 1.54) is 39.0 Å². The SMILES string of the molecule is CC(O)C(=O)O.CCCCCCCCN=C(N)NC(N)=NCc1ccc(Cl)c(Cl)c1. The zero-order chi connectivity index (χ0) is 22.9. The van der Waals surface area contributed by atoms with Crippen molar-refractivity contribution < 1.29 is 15.0 Å². The van der Waals surface area contributed by atoms with Crippen molar-refractivity contribution in [2.75, 3.05) is 6.54 Å². The topological polar surface area (TPSA) is 146 Å². The molecule has 0 amide bonds. The molecule has 170 valence electrons. The van der Waals surface area contributed by atoms with E-state index < -0.39 is 12.1 Å². The number of hydrogen-bond acceptors (Lipinski definition) is 4. The minimum Gasteiger partial charge on any atom is -0.479 e. The third-order valence-electron chi connectivity index (χ3n) is 3.82. The van der Waals surface area contributed by atoms with E-state index in [-0.39, 0.29) is 5.96 Å². The number of aliphatic imine (C=N–C) groups is 2. The van der Waals surface area contributed by atoms with Crippen LogP contribution in [0.25, 0.3) is 0 Å². The maximum atomic E-state index is 9.45. The van der Waals surface area contributed by atoms with E-state index in [0.717, 1.165) is 12.0 Å². The van der Waals surface area contributed by atoms with Crippen molar-refractivity contribution >= 4 is 41.1 Å². The molecule has 1 rings (SSSR count). The predicted octanol–water partition coefficient (Wildman–Crippen LogP) is 3.52. The van der Waals surface area contributed by atoms with E-state index in [1.807, 2.05) is 6.07 Å². The number of nitrogens with zero attached hydrogens (tertiary/aromatic N) is 2. The minimum atomic E-state index is -1.23. The summed E-state index contributed by atoms with van der Waals surface area (Å²) in [6.07, 6.45) is 6.09. The quantitative estimate of drug-likeness (QED) is 0.204. The molecular formula is C20H33Cl2N5O3. The zero-order valence-electron chi connectivity index (χ0n) is 17.6. The summed E-state index contributed by atoms with van der Waals surface area (Å²) in [7, 11) is 0. The summed E-state index contributed by atoms with van der Waals surface area (Å²) in [5.74, 6) is -0.667. The fourth-order valence-electron chi connectivity index (χ4n) is 2.12. The second kappa shape index (κ2) is 16.7. The van der Waals surface area contributed by atoms with Crippen LogP contribution in [-0.2, 0) is 11.3 Å². The number of rotatable bonds is 10. The lowest BCUT2D eigenvalue weighted by Crippen LogP contribution is -2.41. The fourth-order valence-corrected chi connectivity index (χ4v) is 2.44. The van der Waals surface area contributed by atoms with Gasteiger partial charge in [-0.3, -0.25) is 10.3 Å². The van der Waals surface area contributed by atoms with Gasteiger partial charge in [0.05, 0.1) is 16.6 Å². The summed E-state index contributed by atoms with van der Waals surface area (Å²) < 4.78 is 0. The van der Waals surface area contributed by atoms with Crippen molar-refractivity contribution in [2.24, 2.45) is 21.5 Å². The zero-order valence-corrected chi connectivity index (χ0v) is 19.1. The molecule has 1 unspecified atom stereocenters. The highest BCUT2D eigenvalue weighted by molar-refractivity contribution is 6.42. The fraction of sp³-hybridized carbons (Fsp3) is 0.550. The van der Waals surface area contributed by atoms with Gasteiger partial charge in [0.2, 0.25) is 0 Å². The van der Waals surface area contributed by atoms with E-state index in [0.29, 0.717) is 29.1 Å². The van der Waals surface area contributed by atoms with Gasteiger partial charge in [-0.2, -0.15) is 0 Å². The summed E-state index contributed by atoms with van der Waals surface area (Å²) in [6.45, 7) is 4.50. The Hall–Kier alpha value is -2.03. The standard InChI is InChI=1S/C17H27Cl2N5.C3H6O3/c1-2-3-4-5-6-7-10-22-16(20)24-17(21)23-12-13-8-9-14(18)15(19)11-13;1-2(4)3(5)6/h8-9,11H,2-7,10,12H2,1H3,(H5,20,21,22,23,24);2,4H,1H3,(H,5,6). The number of carboxylic acids is 1. The van der Waals surface area contributed by atoms with Crippen LogP contribution < -0.4 is 16.8 Å². The van der Waals surface area contributed by atoms with Gasteiger partial charge in [0.25, 0.3) is 0 Å². The Morgan fingerprint density at radius 1 is 1.07 bits per heavy atom. The molecule has 10 heteroatoms. The molecule has 0 saturated carbocycles. The highest BCUT2D eigenvalue weighted by Crippen LogP contribution is 2.22. The van der Waals surface area contributed by atoms with Crippen LogP contribution in [0.15, 0.2) is 28.2 Å². The van der Waals surface area contributed by atoms with Gasteiger partial charge in [-0.25, -0.2) is 9.79 Å². The number of nitrogens with two attached hydrogens (primary N) is 2. The van der Waals surface area contributed by atoms with Gasteiger partial charge in [0, 0.05) is 6.54 Å². The van der Waals surface area contributed by atoms with Crippen molar-refractivity contribution in [3.8, 4) is 0 Å². The molecule has 1 aromatic carbocycles. The predicted molar refractivity (Wildman–Crippen MR) is 124 cm³/mol. The Balaban J connectivity index is 0.00000122. The Morgan fingerprint density at radius 2 is 1.63 bits per heavy atom. The number of nitrogens with one attached hydrogen (secondary N) is 1. The maximum absolute atomic E-state index is 9.45. The number of carboxylic acid groups (broad SMARTS) is 1. The molecule has 0 aliphatic heterocycles. The lowest BCUT2D eigenvalue weighted by molar-refractivity contribution is -0.145. The molecule has 0 saturated heterocycles. The first-order chi connectivity index (χ1) is 14.2. The molecule has 0 fully saturated rings. The normalized spacial score (nSPS) is 12.7. The van der Waals surface area contributed by atoms with E-state index in [2.05, 4.69) is 22.2 Å². The third kappa shape index (κ3) is 14.9. The van der Waals surface area contributed by atoms with Crippen molar-refractivity contribution in [2.45, 2.75) is 65.0 Å². The summed E-state index contributed by atoms with van der Waals surface area (Å²) in [5.41, 5.74) is 12.5. The van der Waals surface area contributed by atoms with Crippen molar-refractivity contribution in [3.05, 3.63) is 33.8 Å². The molecule has 0 aromatic heterocycles. The van der Waals surface area contributed by atoms with Crippen molar-refractivity contribution in [1.29, 1.82) is 0 Å². The Bertz CT molecular complexity index is 697. The summed E-state index contributed by atoms with van der Waals surface area (Å²) in [5, 5.41) is 19.6. The summed E-state index contributed by atoms with van der Waals surface area (Å²) in [4.78, 5) is 17.9. The number of aliphatic carboxylic acids is 1. The van der Waals surface area contributed by atoms with Gasteiger partial charge in [-0.1, -0.05) is 68.3 Å². The number of aliphatic hydroxyl groups is 1. The van der Waals surface area contributed by atoms with Gasteiger partial charge >= 0.3 is 5.97 Å². The monoisotopic (exact) mass is 461 g/mol. The molecule has 1 aromatic rings. The molecule has 0 heterocycles. The highest BCUT2D eigenvalue weighted by atomic mass is 35.5. The lowest BCUT2D eigenvalue weighted by Gasteiger charge is -2.05. The van der Waals surface area contributed by atoms with E-state index in [4.69, 9.17) is 44.9 Å². The molecule has 0 spiro atoms. The maximum Gasteiger partial charge on any atom is 0.332 e. The van der Waals surface area contributed by atoms with Crippen LogP contribution in [0.4, 0.5) is 0 Å². The first-order valence-electron chi connectivity index (χ1n) is 9.89. The van der Waals surface area contributed by atoms with Crippen LogP contribution in [0, 0.1) is 0 Å². The first kappa shape index (κ1) is 28.0. The number of carbonyl (C=O) groups is 1. The van der Waals surface area contributed by atoms with Crippen LogP contribution >= 0.6 is 23.2 Å². The average molecular weight is 462 g/mol. The second-order valence-electron chi connectivity index (χ2n) is 6.62. The second-order valence-corrected chi connectivity index (χ2v) is 7.44. The molecule has 8 nitrogen and oxygen atoms in total. The Kier molecular flexibility index (Phi) is 15.6. The Morgan fingerprint density at radius 3 is 2.20 bits per heavy atom. The molecule has 1 atom stereocenters. The summed E-state index contributed by atoms with van der Waals surface area (Å²) >= 11 is 11.8. The van der Waals surface area contributed by atoms with Crippen LogP contribution in [0.1, 0.15) is 57.9 Å². The first-order valence-corrected chi connectivity index (χ1v) is 10.6. The Labute approximate surface area is 188 Å². The molecule has 7 N–H and O–H groups in total. The number of benzene rings is 1. The van der Waals surface area contributed by atoms with Gasteiger partial charge in [0.1, 0.15) is 6.10 Å². The van der Waals surface area contributed by atoms with Gasteiger partial charge in [-0.05, 0) is 31.0 Å². The molecule has 0 radical (unpaired) electrons. The molecule has 30 heavy (non-hydrogen) atoms. The average Bonchev–Trinajstić information content (AvgIpc) is 2.68. The molecular weight excluding hydrogens is 429 g/mol. The van der Waals surface area contributed by atoms with Crippen molar-refractivity contribution in [1.82, 2.24) is 5.32 Å². The number of hydrogen-bond donors (Lipinski definition) is 5. The van der Waals surface area contributed by atoms with Gasteiger partial charge in [0.15, 0.2) is 11.9 Å². The molecule has 0 aliphatic carbocycles. The van der Waals surface area contributed by atoms with Crippen LogP contribution in [0.3, 0.4) is 0 Å². The molecule has 0 bridgehead atoms. The van der Waals surface area contributed by atoms with E-state index >= 15 is 0 Å². The third-order valence-corrected chi connectivity index (χ3v) is 4.56. The minimum absolute atomic E-state index is 0.227. The number of unbranched alkanes of at least 4 members (excludes halogenated alkanes) is 5. The van der Waals surface area contributed by atoms with Crippen molar-refractivity contribution in [3.63, 3.8) is 0 Å². The van der Waals surface area contributed by atoms with E-state index in [1.54, 1.807) is 12.1 Å². The number of guanidine groups is 2. The van der Waals surface area contributed by atoms with Gasteiger partial charge in [-0.15, -0.1) is 0 Å². The van der Waals surface area contributed by atoms with E-state index in [9.17, 15) is 4.79 Å². The van der Waals surface area contributed by atoms with Crippen LogP contribution in [0.2, 0.25) is 10.0 Å². The lowest BCUT2D eigenvalue weighted by atomic mass is 10.1. The smallest absolute Gasteiger partial charge is 0.332 e. The summed E-state index contributed by atoms with van der Waals surface area (Å²) in [6, 6.07) is 5.34. The molecule has 0 aliphatic rings.